The lowest BCUT2D eigenvalue weighted by Crippen LogP contribution is -2.25. The Balaban J connectivity index is 1.92. The molecular formula is C15H16N2O5. The van der Waals surface area contributed by atoms with Crippen molar-refractivity contribution in [3.8, 4) is 0 Å². The quantitative estimate of drug-likeness (QED) is 0.629. The smallest absolute Gasteiger partial charge is 0.273 e. The number of aliphatic hydroxyl groups excluding tert-OH is 1. The number of hydrogen-bond donors (Lipinski definition) is 2. The topological polar surface area (TPSA) is 106 Å². The fraction of sp³-hybridized carbons (Fsp3) is 0.267. The molecule has 0 bridgehead atoms. The molecule has 0 fully saturated rings. The number of nitro groups is 1. The van der Waals surface area contributed by atoms with E-state index in [0.717, 1.165) is 0 Å². The fourth-order valence-corrected chi connectivity index (χ4v) is 2.00. The van der Waals surface area contributed by atoms with Gasteiger partial charge in [0.15, 0.2) is 0 Å². The molecule has 0 aliphatic carbocycles. The van der Waals surface area contributed by atoms with E-state index in [1.54, 1.807) is 13.0 Å². The summed E-state index contributed by atoms with van der Waals surface area (Å²) in [4.78, 5) is 22.3. The molecule has 7 nitrogen and oxygen atoms in total. The molecule has 0 aliphatic heterocycles. The molecule has 1 unspecified atom stereocenters. The van der Waals surface area contributed by atoms with E-state index >= 15 is 0 Å². The molecule has 1 heterocycles. The lowest BCUT2D eigenvalue weighted by atomic mass is 10.1. The number of carbonyl (C=O) groups excluding carboxylic acids is 1. The van der Waals surface area contributed by atoms with Crippen LogP contribution < -0.4 is 5.32 Å². The van der Waals surface area contributed by atoms with Crippen LogP contribution in [0, 0.1) is 17.0 Å². The average Bonchev–Trinajstić information content (AvgIpc) is 3.01. The van der Waals surface area contributed by atoms with Crippen molar-refractivity contribution in [1.82, 2.24) is 5.32 Å². The third-order valence-electron chi connectivity index (χ3n) is 3.30. The van der Waals surface area contributed by atoms with E-state index in [2.05, 4.69) is 5.32 Å². The van der Waals surface area contributed by atoms with Crippen LogP contribution in [0.1, 0.15) is 34.0 Å². The lowest BCUT2D eigenvalue weighted by Gasteiger charge is -2.09. The zero-order chi connectivity index (χ0) is 16.1. The van der Waals surface area contributed by atoms with Crippen LogP contribution in [0.5, 0.6) is 0 Å². The van der Waals surface area contributed by atoms with Gasteiger partial charge in [0.2, 0.25) is 0 Å². The highest BCUT2D eigenvalue weighted by Crippen LogP contribution is 2.19. The highest BCUT2D eigenvalue weighted by atomic mass is 16.6. The Morgan fingerprint density at radius 2 is 2.23 bits per heavy atom. The van der Waals surface area contributed by atoms with E-state index in [1.807, 2.05) is 0 Å². The van der Waals surface area contributed by atoms with Gasteiger partial charge in [0.05, 0.1) is 23.6 Å². The monoisotopic (exact) mass is 304 g/mol. The van der Waals surface area contributed by atoms with E-state index in [1.165, 1.54) is 30.7 Å². The maximum Gasteiger partial charge on any atom is 0.273 e. The first-order valence-corrected chi connectivity index (χ1v) is 6.72. The standard InChI is InChI=1S/C15H16N2O5/c1-10-2-3-11(8-13(10)17(20)21)15(19)16-6-4-14(18)12-5-7-22-9-12/h2-3,5,7-9,14,18H,4,6H2,1H3,(H,16,19). The summed E-state index contributed by atoms with van der Waals surface area (Å²) < 4.78 is 4.87. The van der Waals surface area contributed by atoms with Crippen molar-refractivity contribution in [1.29, 1.82) is 0 Å². The Morgan fingerprint density at radius 3 is 2.86 bits per heavy atom. The number of aryl methyl sites for hydroxylation is 1. The molecular weight excluding hydrogens is 288 g/mol. The second-order valence-electron chi connectivity index (χ2n) is 4.88. The summed E-state index contributed by atoms with van der Waals surface area (Å²) in [5.74, 6) is -0.414. The number of aliphatic hydroxyl groups is 1. The van der Waals surface area contributed by atoms with E-state index in [-0.39, 0.29) is 17.8 Å². The van der Waals surface area contributed by atoms with Gasteiger partial charge in [0, 0.05) is 29.3 Å². The molecule has 0 radical (unpaired) electrons. The number of nitrogens with one attached hydrogen (secondary N) is 1. The van der Waals surface area contributed by atoms with Crippen molar-refractivity contribution < 1.29 is 19.2 Å². The first kappa shape index (κ1) is 15.7. The molecule has 1 aromatic heterocycles. The molecule has 2 N–H and O–H groups in total. The highest BCUT2D eigenvalue weighted by Gasteiger charge is 2.15. The van der Waals surface area contributed by atoms with Crippen molar-refractivity contribution in [3.05, 3.63) is 63.6 Å². The van der Waals surface area contributed by atoms with Gasteiger partial charge < -0.3 is 14.8 Å². The zero-order valence-electron chi connectivity index (χ0n) is 12.0. The zero-order valence-corrected chi connectivity index (χ0v) is 12.0. The molecule has 1 aromatic carbocycles. The maximum atomic E-state index is 12.0. The van der Waals surface area contributed by atoms with Gasteiger partial charge >= 0.3 is 0 Å². The van der Waals surface area contributed by atoms with E-state index < -0.39 is 16.9 Å². The Hall–Kier alpha value is -2.67. The normalized spacial score (nSPS) is 11.9. The maximum absolute atomic E-state index is 12.0. The summed E-state index contributed by atoms with van der Waals surface area (Å²) in [6.07, 6.45) is 2.49. The van der Waals surface area contributed by atoms with Crippen molar-refractivity contribution in [3.63, 3.8) is 0 Å². The van der Waals surface area contributed by atoms with Crippen molar-refractivity contribution in [2.45, 2.75) is 19.4 Å². The van der Waals surface area contributed by atoms with Gasteiger partial charge in [-0.05, 0) is 25.5 Å². The van der Waals surface area contributed by atoms with Gasteiger partial charge in [-0.2, -0.15) is 0 Å². The molecule has 1 atom stereocenters. The molecule has 1 amide bonds. The first-order valence-electron chi connectivity index (χ1n) is 6.72. The number of rotatable bonds is 6. The Bertz CT molecular complexity index is 667. The van der Waals surface area contributed by atoms with Crippen LogP contribution in [0.15, 0.2) is 41.2 Å². The van der Waals surface area contributed by atoms with E-state index in [0.29, 0.717) is 17.5 Å². The predicted molar refractivity (Wildman–Crippen MR) is 78.5 cm³/mol. The van der Waals surface area contributed by atoms with Gasteiger partial charge in [-0.1, -0.05) is 6.07 Å². The average molecular weight is 304 g/mol. The van der Waals surface area contributed by atoms with Crippen LogP contribution in [0.25, 0.3) is 0 Å². The number of furan rings is 1. The summed E-state index contributed by atoms with van der Waals surface area (Å²) in [7, 11) is 0. The van der Waals surface area contributed by atoms with Crippen molar-refractivity contribution in [2.24, 2.45) is 0 Å². The summed E-state index contributed by atoms with van der Waals surface area (Å²) in [6.45, 7) is 1.86. The summed E-state index contributed by atoms with van der Waals surface area (Å²) in [5.41, 5.74) is 1.26. The van der Waals surface area contributed by atoms with Crippen LogP contribution in [0.3, 0.4) is 0 Å². The molecule has 0 spiro atoms. The number of amides is 1. The molecule has 2 aromatic rings. The second kappa shape index (κ2) is 6.86. The van der Waals surface area contributed by atoms with E-state index in [4.69, 9.17) is 4.42 Å². The number of hydrogen-bond acceptors (Lipinski definition) is 5. The summed E-state index contributed by atoms with van der Waals surface area (Å²) in [5, 5.41) is 23.3. The number of nitrogens with zero attached hydrogens (tertiary/aromatic N) is 1. The molecule has 2 rings (SSSR count). The molecule has 7 heteroatoms. The third-order valence-corrected chi connectivity index (χ3v) is 3.30. The van der Waals surface area contributed by atoms with E-state index in [9.17, 15) is 20.0 Å². The highest BCUT2D eigenvalue weighted by molar-refractivity contribution is 5.94. The Morgan fingerprint density at radius 1 is 1.45 bits per heavy atom. The number of benzene rings is 1. The van der Waals surface area contributed by atoms with Crippen LogP contribution in [0.2, 0.25) is 0 Å². The molecule has 0 aliphatic rings. The Labute approximate surface area is 126 Å². The number of carbonyl (C=O) groups is 1. The minimum atomic E-state index is -0.730. The first-order chi connectivity index (χ1) is 10.5. The molecule has 116 valence electrons. The van der Waals surface area contributed by atoms with Gasteiger partial charge in [-0.25, -0.2) is 0 Å². The minimum absolute atomic E-state index is 0.0916. The minimum Gasteiger partial charge on any atom is -0.472 e. The second-order valence-corrected chi connectivity index (χ2v) is 4.88. The van der Waals surface area contributed by atoms with Gasteiger partial charge in [0.1, 0.15) is 0 Å². The molecule has 0 saturated carbocycles. The summed E-state index contributed by atoms with van der Waals surface area (Å²) >= 11 is 0. The lowest BCUT2D eigenvalue weighted by molar-refractivity contribution is -0.385. The predicted octanol–water partition coefficient (Wildman–Crippen LogP) is 2.35. The largest absolute Gasteiger partial charge is 0.472 e. The molecule has 0 saturated heterocycles. The number of nitro benzene ring substituents is 1. The van der Waals surface area contributed by atoms with Crippen molar-refractivity contribution in [2.75, 3.05) is 6.54 Å². The van der Waals surface area contributed by atoms with Crippen LogP contribution >= 0.6 is 0 Å². The van der Waals surface area contributed by atoms with Gasteiger partial charge in [-0.15, -0.1) is 0 Å². The Kier molecular flexibility index (Phi) is 4.90. The van der Waals surface area contributed by atoms with Gasteiger partial charge in [0.25, 0.3) is 11.6 Å². The van der Waals surface area contributed by atoms with Crippen LogP contribution in [0.4, 0.5) is 5.69 Å². The van der Waals surface area contributed by atoms with Gasteiger partial charge in [-0.3, -0.25) is 14.9 Å². The van der Waals surface area contributed by atoms with Crippen LogP contribution in [-0.4, -0.2) is 22.5 Å². The fourth-order valence-electron chi connectivity index (χ4n) is 2.00. The third kappa shape index (κ3) is 3.70. The van der Waals surface area contributed by atoms with Crippen LogP contribution in [-0.2, 0) is 0 Å². The SMILES string of the molecule is Cc1ccc(C(=O)NCCC(O)c2ccoc2)cc1[N+](=O)[O-]. The molecule has 22 heavy (non-hydrogen) atoms. The van der Waals surface area contributed by atoms with Crippen molar-refractivity contribution >= 4 is 11.6 Å². The summed E-state index contributed by atoms with van der Waals surface area (Å²) in [6, 6.07) is 5.96.